The summed E-state index contributed by atoms with van der Waals surface area (Å²) in [6.07, 6.45) is -2.49. The van der Waals surface area contributed by atoms with Crippen molar-refractivity contribution in [1.29, 1.82) is 0 Å². The predicted molar refractivity (Wildman–Crippen MR) is 87.9 cm³/mol. The van der Waals surface area contributed by atoms with Crippen LogP contribution >= 0.6 is 12.4 Å². The summed E-state index contributed by atoms with van der Waals surface area (Å²) in [5.74, 6) is -0.0635. The van der Waals surface area contributed by atoms with Crippen molar-refractivity contribution < 1.29 is 18.0 Å². The molecule has 1 amide bonds. The minimum Gasteiger partial charge on any atom is -0.356 e. The molecule has 0 aliphatic heterocycles. The van der Waals surface area contributed by atoms with Gasteiger partial charge in [0.2, 0.25) is 5.91 Å². The van der Waals surface area contributed by atoms with Gasteiger partial charge in [-0.3, -0.25) is 4.79 Å². The molecule has 23 heavy (non-hydrogen) atoms. The predicted octanol–water partition coefficient (Wildman–Crippen LogP) is 3.74. The van der Waals surface area contributed by atoms with Crippen LogP contribution in [-0.2, 0) is 11.0 Å². The largest absolute Gasteiger partial charge is 0.416 e. The SMILES string of the molecule is CNCCCC(=O)NCCC(C)c1cccc(C(F)(F)F)c1.Cl. The van der Waals surface area contributed by atoms with E-state index in [2.05, 4.69) is 10.6 Å². The van der Waals surface area contributed by atoms with Crippen LogP contribution in [0.2, 0.25) is 0 Å². The molecule has 1 atom stereocenters. The quantitative estimate of drug-likeness (QED) is 0.700. The second-order valence-corrected chi connectivity index (χ2v) is 5.37. The van der Waals surface area contributed by atoms with E-state index in [1.807, 2.05) is 14.0 Å². The number of halogens is 4. The number of carbonyl (C=O) groups excluding carboxylic acids is 1. The van der Waals surface area contributed by atoms with Crippen molar-refractivity contribution in [2.45, 2.75) is 38.3 Å². The average molecular weight is 353 g/mol. The molecule has 3 nitrogen and oxygen atoms in total. The Balaban J connectivity index is 0.00000484. The molecule has 0 aliphatic rings. The van der Waals surface area contributed by atoms with Crippen LogP contribution in [0.25, 0.3) is 0 Å². The molecule has 1 aromatic carbocycles. The highest BCUT2D eigenvalue weighted by Crippen LogP contribution is 2.31. The summed E-state index contributed by atoms with van der Waals surface area (Å²) in [6.45, 7) is 3.12. The fraction of sp³-hybridized carbons (Fsp3) is 0.562. The first-order chi connectivity index (χ1) is 10.3. The molecule has 0 fully saturated rings. The number of hydrogen-bond donors (Lipinski definition) is 2. The summed E-state index contributed by atoms with van der Waals surface area (Å²) in [5, 5.41) is 5.76. The van der Waals surface area contributed by atoms with Gasteiger partial charge in [0.1, 0.15) is 0 Å². The molecule has 1 aromatic rings. The zero-order valence-corrected chi connectivity index (χ0v) is 14.2. The van der Waals surface area contributed by atoms with E-state index in [1.54, 1.807) is 6.07 Å². The second kappa shape index (κ2) is 10.5. The van der Waals surface area contributed by atoms with Crippen molar-refractivity contribution in [2.75, 3.05) is 20.1 Å². The highest BCUT2D eigenvalue weighted by molar-refractivity contribution is 5.85. The monoisotopic (exact) mass is 352 g/mol. The maximum Gasteiger partial charge on any atom is 0.416 e. The normalized spacial score (nSPS) is 12.4. The number of rotatable bonds is 8. The van der Waals surface area contributed by atoms with Crippen molar-refractivity contribution in [2.24, 2.45) is 0 Å². The van der Waals surface area contributed by atoms with Crippen molar-refractivity contribution >= 4 is 18.3 Å². The average Bonchev–Trinajstić information content (AvgIpc) is 2.46. The van der Waals surface area contributed by atoms with Gasteiger partial charge in [-0.1, -0.05) is 25.1 Å². The van der Waals surface area contributed by atoms with E-state index in [4.69, 9.17) is 0 Å². The minimum atomic E-state index is -4.32. The van der Waals surface area contributed by atoms with E-state index in [-0.39, 0.29) is 24.2 Å². The molecule has 2 N–H and O–H groups in total. The van der Waals surface area contributed by atoms with Crippen molar-refractivity contribution in [3.63, 3.8) is 0 Å². The molecule has 0 saturated carbocycles. The molecule has 0 heterocycles. The third-order valence-electron chi connectivity index (χ3n) is 3.51. The second-order valence-electron chi connectivity index (χ2n) is 5.37. The zero-order chi connectivity index (χ0) is 16.6. The Hall–Kier alpha value is -1.27. The van der Waals surface area contributed by atoms with Crippen molar-refractivity contribution in [3.8, 4) is 0 Å². The van der Waals surface area contributed by atoms with Gasteiger partial charge in [0.15, 0.2) is 0 Å². The van der Waals surface area contributed by atoms with Gasteiger partial charge in [-0.25, -0.2) is 0 Å². The Morgan fingerprint density at radius 2 is 1.96 bits per heavy atom. The van der Waals surface area contributed by atoms with Crippen molar-refractivity contribution in [3.05, 3.63) is 35.4 Å². The van der Waals surface area contributed by atoms with Gasteiger partial charge in [-0.05, 0) is 44.0 Å². The van der Waals surface area contributed by atoms with Crippen LogP contribution < -0.4 is 10.6 Å². The summed E-state index contributed by atoms with van der Waals surface area (Å²) in [4.78, 5) is 11.5. The van der Waals surface area contributed by atoms with Gasteiger partial charge < -0.3 is 10.6 Å². The highest BCUT2D eigenvalue weighted by atomic mass is 35.5. The summed E-state index contributed by atoms with van der Waals surface area (Å²) in [5.41, 5.74) is 0.00667. The molecule has 0 spiro atoms. The molecule has 0 aliphatic carbocycles. The maximum atomic E-state index is 12.7. The molecule has 132 valence electrons. The van der Waals surface area contributed by atoms with E-state index in [0.717, 1.165) is 19.0 Å². The van der Waals surface area contributed by atoms with Crippen LogP contribution in [-0.4, -0.2) is 26.0 Å². The van der Waals surface area contributed by atoms with Crippen molar-refractivity contribution in [1.82, 2.24) is 10.6 Å². The first kappa shape index (κ1) is 21.7. The van der Waals surface area contributed by atoms with Crippen LogP contribution in [0.5, 0.6) is 0 Å². The van der Waals surface area contributed by atoms with E-state index >= 15 is 0 Å². The lowest BCUT2D eigenvalue weighted by Gasteiger charge is -2.15. The molecule has 0 bridgehead atoms. The molecule has 0 radical (unpaired) electrons. The number of benzene rings is 1. The van der Waals surface area contributed by atoms with Crippen LogP contribution in [0.1, 0.15) is 43.2 Å². The molecular weight excluding hydrogens is 329 g/mol. The molecule has 1 rings (SSSR count). The Kier molecular flexibility index (Phi) is 9.91. The number of alkyl halides is 3. The summed E-state index contributed by atoms with van der Waals surface area (Å²) in [6, 6.07) is 5.36. The third-order valence-corrected chi connectivity index (χ3v) is 3.51. The topological polar surface area (TPSA) is 41.1 Å². The first-order valence-electron chi connectivity index (χ1n) is 7.43. The number of carbonyl (C=O) groups is 1. The van der Waals surface area contributed by atoms with E-state index in [9.17, 15) is 18.0 Å². The Morgan fingerprint density at radius 1 is 1.26 bits per heavy atom. The zero-order valence-electron chi connectivity index (χ0n) is 13.4. The first-order valence-corrected chi connectivity index (χ1v) is 7.43. The summed E-state index contributed by atoms with van der Waals surface area (Å²) in [7, 11) is 1.83. The van der Waals surface area contributed by atoms with Gasteiger partial charge >= 0.3 is 6.18 Å². The van der Waals surface area contributed by atoms with Crippen LogP contribution in [0, 0.1) is 0 Å². The highest BCUT2D eigenvalue weighted by Gasteiger charge is 2.30. The van der Waals surface area contributed by atoms with Crippen LogP contribution in [0.3, 0.4) is 0 Å². The van der Waals surface area contributed by atoms with Gasteiger partial charge in [0.25, 0.3) is 0 Å². The van der Waals surface area contributed by atoms with E-state index in [1.165, 1.54) is 12.1 Å². The lowest BCUT2D eigenvalue weighted by Crippen LogP contribution is -2.26. The van der Waals surface area contributed by atoms with Gasteiger partial charge in [0.05, 0.1) is 5.56 Å². The smallest absolute Gasteiger partial charge is 0.356 e. The fourth-order valence-electron chi connectivity index (χ4n) is 2.13. The Bertz CT molecular complexity index is 481. The summed E-state index contributed by atoms with van der Waals surface area (Å²) < 4.78 is 38.0. The standard InChI is InChI=1S/C16H23F3N2O.ClH/c1-12(8-10-21-15(22)7-4-9-20-2)13-5-3-6-14(11-13)16(17,18)19;/h3,5-6,11-12,20H,4,7-10H2,1-2H3,(H,21,22);1H. The Labute approximate surface area is 141 Å². The molecule has 7 heteroatoms. The summed E-state index contributed by atoms with van der Waals surface area (Å²) >= 11 is 0. The number of amides is 1. The number of hydrogen-bond acceptors (Lipinski definition) is 2. The fourth-order valence-corrected chi connectivity index (χ4v) is 2.13. The van der Waals surface area contributed by atoms with E-state index < -0.39 is 11.7 Å². The lowest BCUT2D eigenvalue weighted by atomic mass is 9.96. The number of nitrogens with one attached hydrogen (secondary N) is 2. The van der Waals surface area contributed by atoms with Gasteiger partial charge in [-0.15, -0.1) is 12.4 Å². The van der Waals surface area contributed by atoms with Crippen LogP contribution in [0.4, 0.5) is 13.2 Å². The molecule has 1 unspecified atom stereocenters. The van der Waals surface area contributed by atoms with E-state index in [0.29, 0.717) is 24.9 Å². The lowest BCUT2D eigenvalue weighted by molar-refractivity contribution is -0.137. The maximum absolute atomic E-state index is 12.7. The molecular formula is C16H24ClF3N2O. The Morgan fingerprint density at radius 3 is 2.57 bits per heavy atom. The molecule has 0 aromatic heterocycles. The third kappa shape index (κ3) is 8.23. The van der Waals surface area contributed by atoms with Crippen LogP contribution in [0.15, 0.2) is 24.3 Å². The minimum absolute atomic E-state index is 0. The van der Waals surface area contributed by atoms with Gasteiger partial charge in [0, 0.05) is 13.0 Å². The van der Waals surface area contributed by atoms with Gasteiger partial charge in [-0.2, -0.15) is 13.2 Å². The molecule has 0 saturated heterocycles.